The molecule has 2 N–H and O–H groups in total. The summed E-state index contributed by atoms with van der Waals surface area (Å²) < 4.78 is 4.91. The molecule has 0 atom stereocenters. The van der Waals surface area contributed by atoms with Crippen molar-refractivity contribution in [2.75, 3.05) is 6.61 Å². The monoisotopic (exact) mass is 367 g/mol. The summed E-state index contributed by atoms with van der Waals surface area (Å²) in [7, 11) is 0. The van der Waals surface area contributed by atoms with Gasteiger partial charge in [-0.3, -0.25) is 9.59 Å². The highest BCUT2D eigenvalue weighted by molar-refractivity contribution is 6.35. The van der Waals surface area contributed by atoms with E-state index in [0.29, 0.717) is 21.2 Å². The Labute approximate surface area is 149 Å². The Kier molecular flexibility index (Phi) is 6.46. The summed E-state index contributed by atoms with van der Waals surface area (Å²) in [5.41, 5.74) is 1.40. The van der Waals surface area contributed by atoms with E-state index in [1.165, 1.54) is 12.1 Å². The minimum Gasteiger partial charge on any atom is -0.508 e. The number of nitrogens with one attached hydrogen (secondary N) is 1. The largest absolute Gasteiger partial charge is 0.508 e. The second-order valence-electron chi connectivity index (χ2n) is 5.02. The second kappa shape index (κ2) is 8.57. The van der Waals surface area contributed by atoms with Crippen molar-refractivity contribution in [2.45, 2.75) is 13.0 Å². The van der Waals surface area contributed by atoms with Crippen LogP contribution < -0.4 is 5.32 Å². The van der Waals surface area contributed by atoms with Crippen LogP contribution in [0.2, 0.25) is 10.0 Å². The fourth-order valence-electron chi connectivity index (χ4n) is 1.89. The van der Waals surface area contributed by atoms with Crippen molar-refractivity contribution in [3.05, 3.63) is 63.6 Å². The Bertz CT molecular complexity index is 732. The number of hydrogen-bond donors (Lipinski definition) is 2. The van der Waals surface area contributed by atoms with E-state index in [4.69, 9.17) is 33.0 Å². The highest BCUT2D eigenvalue weighted by Crippen LogP contribution is 2.20. The smallest absolute Gasteiger partial charge is 0.310 e. The van der Waals surface area contributed by atoms with Crippen molar-refractivity contribution >= 4 is 35.1 Å². The number of benzene rings is 2. The van der Waals surface area contributed by atoms with Crippen LogP contribution in [0.1, 0.15) is 11.1 Å². The summed E-state index contributed by atoms with van der Waals surface area (Å²) in [5.74, 6) is -0.840. The zero-order valence-corrected chi connectivity index (χ0v) is 14.1. The minimum atomic E-state index is -0.527. The van der Waals surface area contributed by atoms with E-state index in [9.17, 15) is 9.59 Å². The van der Waals surface area contributed by atoms with Crippen LogP contribution in [0, 0.1) is 0 Å². The number of carbonyl (C=O) groups is 2. The summed E-state index contributed by atoms with van der Waals surface area (Å²) in [6.07, 6.45) is 0.0244. The number of halogens is 2. The van der Waals surface area contributed by atoms with Gasteiger partial charge >= 0.3 is 5.97 Å². The highest BCUT2D eigenvalue weighted by atomic mass is 35.5. The number of hydrogen-bond acceptors (Lipinski definition) is 4. The van der Waals surface area contributed by atoms with E-state index in [2.05, 4.69) is 5.32 Å². The fraction of sp³-hybridized carbons (Fsp3) is 0.176. The molecule has 0 fully saturated rings. The number of rotatable bonds is 6. The fourth-order valence-corrected chi connectivity index (χ4v) is 2.36. The average molecular weight is 368 g/mol. The van der Waals surface area contributed by atoms with Gasteiger partial charge in [0, 0.05) is 16.6 Å². The lowest BCUT2D eigenvalue weighted by Gasteiger charge is -2.08. The van der Waals surface area contributed by atoms with E-state index in [1.54, 1.807) is 30.3 Å². The van der Waals surface area contributed by atoms with Crippen molar-refractivity contribution in [3.63, 3.8) is 0 Å². The first kappa shape index (κ1) is 18.1. The molecule has 0 aliphatic rings. The summed E-state index contributed by atoms with van der Waals surface area (Å²) >= 11 is 11.8. The molecule has 0 spiro atoms. The van der Waals surface area contributed by atoms with E-state index in [0.717, 1.165) is 0 Å². The Morgan fingerprint density at radius 1 is 1.08 bits per heavy atom. The van der Waals surface area contributed by atoms with Gasteiger partial charge in [0.25, 0.3) is 5.91 Å². The van der Waals surface area contributed by atoms with E-state index < -0.39 is 11.9 Å². The van der Waals surface area contributed by atoms with Gasteiger partial charge in [0.1, 0.15) is 5.75 Å². The number of phenolic OH excluding ortho intramolecular Hbond substituents is 1. The summed E-state index contributed by atoms with van der Waals surface area (Å²) in [4.78, 5) is 23.4. The van der Waals surface area contributed by atoms with E-state index >= 15 is 0 Å². The molecular formula is C17H15Cl2NO4. The molecule has 0 radical (unpaired) electrons. The highest BCUT2D eigenvalue weighted by Gasteiger charge is 2.09. The molecule has 2 rings (SSSR count). The molecule has 5 nitrogen and oxygen atoms in total. The molecule has 2 aromatic rings. The number of phenols is 1. The van der Waals surface area contributed by atoms with Gasteiger partial charge in [-0.2, -0.15) is 0 Å². The zero-order chi connectivity index (χ0) is 17.5. The van der Waals surface area contributed by atoms with Crippen LogP contribution in [0.25, 0.3) is 0 Å². The third-order valence-electron chi connectivity index (χ3n) is 3.14. The van der Waals surface area contributed by atoms with Crippen molar-refractivity contribution in [1.82, 2.24) is 5.32 Å². The molecule has 0 aliphatic carbocycles. The average Bonchev–Trinajstić information content (AvgIpc) is 2.54. The topological polar surface area (TPSA) is 75.6 Å². The van der Waals surface area contributed by atoms with Gasteiger partial charge in [-0.25, -0.2) is 0 Å². The lowest BCUT2D eigenvalue weighted by Crippen LogP contribution is -2.28. The van der Waals surface area contributed by atoms with Crippen LogP contribution in [0.5, 0.6) is 5.75 Å². The lowest BCUT2D eigenvalue weighted by atomic mass is 10.1. The van der Waals surface area contributed by atoms with Crippen molar-refractivity contribution in [2.24, 2.45) is 0 Å². The molecular weight excluding hydrogens is 353 g/mol. The molecule has 1 amide bonds. The predicted molar refractivity (Wildman–Crippen MR) is 91.1 cm³/mol. The van der Waals surface area contributed by atoms with Crippen LogP contribution in [-0.2, 0) is 27.3 Å². The van der Waals surface area contributed by atoms with Gasteiger partial charge in [-0.15, -0.1) is 0 Å². The summed E-state index contributed by atoms with van der Waals surface area (Å²) in [5, 5.41) is 12.7. The SMILES string of the molecule is O=C(COC(=O)Cc1ccc(O)cc1)NCc1ccc(Cl)cc1Cl. The van der Waals surface area contributed by atoms with E-state index in [1.807, 2.05) is 0 Å². The van der Waals surface area contributed by atoms with Crippen molar-refractivity contribution in [3.8, 4) is 5.75 Å². The van der Waals surface area contributed by atoms with Crippen molar-refractivity contribution < 1.29 is 19.4 Å². The first-order chi connectivity index (χ1) is 11.4. The third kappa shape index (κ3) is 5.76. The molecule has 126 valence electrons. The van der Waals surface area contributed by atoms with Gasteiger partial charge in [0.2, 0.25) is 0 Å². The number of esters is 1. The van der Waals surface area contributed by atoms with Gasteiger partial charge in [-0.1, -0.05) is 41.4 Å². The van der Waals surface area contributed by atoms with Crippen LogP contribution in [0.4, 0.5) is 0 Å². The molecule has 0 heterocycles. The van der Waals surface area contributed by atoms with Gasteiger partial charge in [0.15, 0.2) is 6.61 Å². The summed E-state index contributed by atoms with van der Waals surface area (Å²) in [6.45, 7) is -0.160. The van der Waals surface area contributed by atoms with Crippen LogP contribution in [0.15, 0.2) is 42.5 Å². The predicted octanol–water partition coefficient (Wildman–Crippen LogP) is 3.10. The number of ether oxygens (including phenoxy) is 1. The maximum atomic E-state index is 11.7. The Hall–Kier alpha value is -2.24. The Morgan fingerprint density at radius 3 is 2.46 bits per heavy atom. The zero-order valence-electron chi connectivity index (χ0n) is 12.6. The molecule has 0 aliphatic heterocycles. The van der Waals surface area contributed by atoms with E-state index in [-0.39, 0.29) is 25.3 Å². The second-order valence-corrected chi connectivity index (χ2v) is 5.86. The standard InChI is InChI=1S/C17H15Cl2NO4/c18-13-4-3-12(15(19)8-13)9-20-16(22)10-24-17(23)7-11-1-5-14(21)6-2-11/h1-6,8,21H,7,9-10H2,(H,20,22). The molecule has 2 aromatic carbocycles. The Morgan fingerprint density at radius 2 is 1.79 bits per heavy atom. The van der Waals surface area contributed by atoms with Crippen LogP contribution >= 0.6 is 23.2 Å². The molecule has 24 heavy (non-hydrogen) atoms. The number of aromatic hydroxyl groups is 1. The first-order valence-electron chi connectivity index (χ1n) is 7.08. The normalized spacial score (nSPS) is 10.2. The quantitative estimate of drug-likeness (QED) is 0.769. The van der Waals surface area contributed by atoms with Gasteiger partial charge in [0.05, 0.1) is 6.42 Å². The molecule has 0 saturated heterocycles. The summed E-state index contributed by atoms with van der Waals surface area (Å²) in [6, 6.07) is 11.1. The third-order valence-corrected chi connectivity index (χ3v) is 3.73. The molecule has 0 aromatic heterocycles. The maximum Gasteiger partial charge on any atom is 0.310 e. The molecule has 0 bridgehead atoms. The number of amides is 1. The Balaban J connectivity index is 1.74. The van der Waals surface area contributed by atoms with Gasteiger partial charge < -0.3 is 15.2 Å². The van der Waals surface area contributed by atoms with Crippen LogP contribution in [0.3, 0.4) is 0 Å². The first-order valence-corrected chi connectivity index (χ1v) is 7.84. The molecule has 7 heteroatoms. The van der Waals surface area contributed by atoms with Crippen LogP contribution in [-0.4, -0.2) is 23.6 Å². The lowest BCUT2D eigenvalue weighted by molar-refractivity contribution is -0.147. The molecule has 0 saturated carbocycles. The maximum absolute atomic E-state index is 11.7. The van der Waals surface area contributed by atoms with Crippen molar-refractivity contribution in [1.29, 1.82) is 0 Å². The van der Waals surface area contributed by atoms with Gasteiger partial charge in [-0.05, 0) is 35.4 Å². The molecule has 0 unspecified atom stereocenters. The number of carbonyl (C=O) groups excluding carboxylic acids is 2. The minimum absolute atomic E-state index is 0.0244.